The van der Waals surface area contributed by atoms with Gasteiger partial charge < -0.3 is 29.2 Å². The summed E-state index contributed by atoms with van der Waals surface area (Å²) in [5, 5.41) is 11.7. The van der Waals surface area contributed by atoms with E-state index in [1.54, 1.807) is 20.5 Å². The smallest absolute Gasteiger partial charge is 0.290 e. The van der Waals surface area contributed by atoms with Crippen molar-refractivity contribution in [1.29, 1.82) is 0 Å². The number of imidazole rings is 1. The van der Waals surface area contributed by atoms with E-state index in [4.69, 9.17) is 14.5 Å². The SMILES string of the molecule is COCCCCn1c(C(=O)N(CC(C)C)[C@@H]2CNC[C@H](c3nnc[nH]3)C2)nc2c(OC)cccc21.Cl.Cl. The Morgan fingerprint density at radius 3 is 2.70 bits per heavy atom. The largest absolute Gasteiger partial charge is 0.494 e. The molecule has 0 saturated carbocycles. The van der Waals surface area contributed by atoms with Crippen LogP contribution in [-0.4, -0.2) is 82.0 Å². The van der Waals surface area contributed by atoms with Crippen LogP contribution in [0.2, 0.25) is 0 Å². The molecule has 3 heterocycles. The van der Waals surface area contributed by atoms with Crippen LogP contribution in [-0.2, 0) is 11.3 Å². The van der Waals surface area contributed by atoms with Crippen LogP contribution < -0.4 is 10.1 Å². The zero-order valence-corrected chi connectivity index (χ0v) is 23.6. The summed E-state index contributed by atoms with van der Waals surface area (Å²) in [6, 6.07) is 5.86. The third-order valence-electron chi connectivity index (χ3n) is 6.55. The van der Waals surface area contributed by atoms with E-state index in [-0.39, 0.29) is 42.7 Å². The predicted molar refractivity (Wildman–Crippen MR) is 148 cm³/mol. The van der Waals surface area contributed by atoms with Crippen LogP contribution in [0, 0.1) is 5.92 Å². The Balaban J connectivity index is 0.00000241. The fourth-order valence-corrected chi connectivity index (χ4v) is 4.89. The molecule has 0 unspecified atom stereocenters. The molecule has 2 atom stereocenters. The number of para-hydroxylation sites is 1. The van der Waals surface area contributed by atoms with Crippen molar-refractivity contribution in [3.8, 4) is 5.75 Å². The molecule has 0 spiro atoms. The minimum Gasteiger partial charge on any atom is -0.494 e. The molecule has 1 aromatic carbocycles. The second-order valence-corrected chi connectivity index (χ2v) is 9.59. The van der Waals surface area contributed by atoms with Crippen molar-refractivity contribution in [1.82, 2.24) is 34.9 Å². The first-order chi connectivity index (χ1) is 17.0. The molecule has 0 radical (unpaired) electrons. The van der Waals surface area contributed by atoms with E-state index in [0.29, 0.717) is 37.2 Å². The van der Waals surface area contributed by atoms with Gasteiger partial charge in [0.15, 0.2) is 5.82 Å². The number of nitrogens with one attached hydrogen (secondary N) is 2. The molecule has 10 nitrogen and oxygen atoms in total. The second kappa shape index (κ2) is 14.5. The van der Waals surface area contributed by atoms with Gasteiger partial charge in [0.05, 0.1) is 12.6 Å². The number of ether oxygens (including phenoxy) is 2. The second-order valence-electron chi connectivity index (χ2n) is 9.59. The molecule has 206 valence electrons. The lowest BCUT2D eigenvalue weighted by atomic mass is 9.93. The summed E-state index contributed by atoms with van der Waals surface area (Å²) in [6.07, 6.45) is 4.22. The molecular weight excluding hydrogens is 517 g/mol. The van der Waals surface area contributed by atoms with E-state index in [0.717, 1.165) is 49.2 Å². The Bertz CT molecular complexity index is 1110. The number of unbranched alkanes of at least 4 members (excludes halogenated alkanes) is 1. The van der Waals surface area contributed by atoms with Gasteiger partial charge in [0.25, 0.3) is 5.91 Å². The Morgan fingerprint density at radius 2 is 2.03 bits per heavy atom. The van der Waals surface area contributed by atoms with Crippen LogP contribution in [0.4, 0.5) is 0 Å². The maximum absolute atomic E-state index is 14.2. The van der Waals surface area contributed by atoms with Crippen molar-refractivity contribution in [2.75, 3.05) is 40.5 Å². The van der Waals surface area contributed by atoms with Gasteiger partial charge in [0, 0.05) is 51.9 Å². The van der Waals surface area contributed by atoms with Gasteiger partial charge in [-0.2, -0.15) is 0 Å². The number of hydrogen-bond donors (Lipinski definition) is 2. The first kappa shape index (κ1) is 30.8. The number of aromatic nitrogens is 5. The van der Waals surface area contributed by atoms with Gasteiger partial charge in [-0.1, -0.05) is 19.9 Å². The number of fused-ring (bicyclic) bond motifs is 1. The molecule has 4 rings (SSSR count). The highest BCUT2D eigenvalue weighted by Crippen LogP contribution is 2.29. The van der Waals surface area contributed by atoms with Gasteiger partial charge in [0.1, 0.15) is 23.4 Å². The minimum absolute atomic E-state index is 0. The number of hydrogen-bond acceptors (Lipinski definition) is 7. The molecule has 0 aliphatic carbocycles. The maximum atomic E-state index is 14.2. The van der Waals surface area contributed by atoms with Crippen molar-refractivity contribution in [2.24, 2.45) is 5.92 Å². The molecule has 3 aromatic rings. The van der Waals surface area contributed by atoms with Crippen molar-refractivity contribution in [2.45, 2.75) is 51.6 Å². The summed E-state index contributed by atoms with van der Waals surface area (Å²) in [5.41, 5.74) is 1.63. The predicted octanol–water partition coefficient (Wildman–Crippen LogP) is 3.68. The van der Waals surface area contributed by atoms with Crippen LogP contribution in [0.1, 0.15) is 55.5 Å². The molecule has 1 fully saturated rings. The van der Waals surface area contributed by atoms with Crippen LogP contribution in [0.3, 0.4) is 0 Å². The van der Waals surface area contributed by atoms with Crippen molar-refractivity contribution in [3.63, 3.8) is 0 Å². The molecule has 37 heavy (non-hydrogen) atoms. The number of nitrogens with zero attached hydrogens (tertiary/aromatic N) is 5. The summed E-state index contributed by atoms with van der Waals surface area (Å²) in [5.74, 6) is 2.44. The number of amides is 1. The Kier molecular flexibility index (Phi) is 12.1. The van der Waals surface area contributed by atoms with Gasteiger partial charge in [-0.3, -0.25) is 4.79 Å². The molecule has 2 N–H and O–H groups in total. The van der Waals surface area contributed by atoms with E-state index >= 15 is 0 Å². The van der Waals surface area contributed by atoms with Gasteiger partial charge in [-0.15, -0.1) is 35.0 Å². The van der Waals surface area contributed by atoms with E-state index in [2.05, 4.69) is 34.3 Å². The molecule has 1 amide bonds. The number of rotatable bonds is 11. The summed E-state index contributed by atoms with van der Waals surface area (Å²) in [6.45, 7) is 7.86. The molecular formula is C25H39Cl2N7O3. The topological polar surface area (TPSA) is 110 Å². The quantitative estimate of drug-likeness (QED) is 0.347. The highest BCUT2D eigenvalue weighted by atomic mass is 35.5. The Labute approximate surface area is 230 Å². The zero-order valence-electron chi connectivity index (χ0n) is 22.0. The third-order valence-corrected chi connectivity index (χ3v) is 6.55. The lowest BCUT2D eigenvalue weighted by Crippen LogP contribution is -2.52. The number of benzene rings is 1. The molecule has 12 heteroatoms. The normalized spacial score (nSPS) is 17.3. The van der Waals surface area contributed by atoms with Crippen LogP contribution in [0.25, 0.3) is 11.0 Å². The summed E-state index contributed by atoms with van der Waals surface area (Å²) in [7, 11) is 3.34. The van der Waals surface area contributed by atoms with Gasteiger partial charge in [-0.25, -0.2) is 4.98 Å². The lowest BCUT2D eigenvalue weighted by Gasteiger charge is -2.38. The number of aryl methyl sites for hydroxylation is 1. The number of carbonyl (C=O) groups is 1. The number of aromatic amines is 1. The third kappa shape index (κ3) is 7.13. The highest BCUT2D eigenvalue weighted by Gasteiger charge is 2.34. The average Bonchev–Trinajstić information content (AvgIpc) is 3.53. The lowest BCUT2D eigenvalue weighted by molar-refractivity contribution is 0.0590. The number of halogens is 2. The summed E-state index contributed by atoms with van der Waals surface area (Å²) < 4.78 is 12.8. The summed E-state index contributed by atoms with van der Waals surface area (Å²) in [4.78, 5) is 24.1. The van der Waals surface area contributed by atoms with Crippen LogP contribution >= 0.6 is 24.8 Å². The first-order valence-electron chi connectivity index (χ1n) is 12.4. The Hall–Kier alpha value is -2.40. The number of methoxy groups -OCH3 is 2. The van der Waals surface area contributed by atoms with Crippen molar-refractivity contribution in [3.05, 3.63) is 36.2 Å². The molecule has 1 saturated heterocycles. The minimum atomic E-state index is -0.0475. The number of piperidine rings is 1. The highest BCUT2D eigenvalue weighted by molar-refractivity contribution is 5.96. The summed E-state index contributed by atoms with van der Waals surface area (Å²) >= 11 is 0. The van der Waals surface area contributed by atoms with E-state index in [1.807, 2.05) is 27.7 Å². The fraction of sp³-hybridized carbons (Fsp3) is 0.600. The average molecular weight is 557 g/mol. The maximum Gasteiger partial charge on any atom is 0.290 e. The van der Waals surface area contributed by atoms with Crippen LogP contribution in [0.5, 0.6) is 5.75 Å². The monoisotopic (exact) mass is 555 g/mol. The van der Waals surface area contributed by atoms with E-state index < -0.39 is 0 Å². The standard InChI is InChI=1S/C25H37N7O3.2ClH/c1-17(2)15-32(19-12-18(13-26-14-19)23-27-16-28-30-23)25(33)24-29-22-20(8-7-9-21(22)35-4)31(24)10-5-6-11-34-3;;/h7-9,16-19,26H,5-6,10-15H2,1-4H3,(H,27,28,30);2*1H/t18-,19+;;/m1../s1. The van der Waals surface area contributed by atoms with Crippen molar-refractivity contribution < 1.29 is 14.3 Å². The van der Waals surface area contributed by atoms with Gasteiger partial charge in [-0.05, 0) is 37.3 Å². The van der Waals surface area contributed by atoms with Crippen molar-refractivity contribution >= 4 is 41.8 Å². The van der Waals surface area contributed by atoms with Crippen LogP contribution in [0.15, 0.2) is 24.5 Å². The Morgan fingerprint density at radius 1 is 1.22 bits per heavy atom. The van der Waals surface area contributed by atoms with E-state index in [1.165, 1.54) is 0 Å². The van der Waals surface area contributed by atoms with Gasteiger partial charge in [0.2, 0.25) is 0 Å². The molecule has 0 bridgehead atoms. The van der Waals surface area contributed by atoms with Gasteiger partial charge >= 0.3 is 0 Å². The zero-order chi connectivity index (χ0) is 24.8. The first-order valence-corrected chi connectivity index (χ1v) is 12.4. The van der Waals surface area contributed by atoms with E-state index in [9.17, 15) is 4.79 Å². The number of H-pyrrole nitrogens is 1. The number of carbonyl (C=O) groups excluding carboxylic acids is 1. The molecule has 1 aliphatic rings. The fourth-order valence-electron chi connectivity index (χ4n) is 4.89. The molecule has 1 aliphatic heterocycles. The molecule has 2 aromatic heterocycles.